The monoisotopic (exact) mass is 197 g/mol. The van der Waals surface area contributed by atoms with E-state index in [9.17, 15) is 18.0 Å². The van der Waals surface area contributed by atoms with Crippen LogP contribution in [-0.4, -0.2) is 41.8 Å². The summed E-state index contributed by atoms with van der Waals surface area (Å²) in [5.41, 5.74) is 0. The van der Waals surface area contributed by atoms with Gasteiger partial charge < -0.3 is 10.0 Å². The third-order valence-electron chi connectivity index (χ3n) is 1.23. The number of carbonyl (C=O) groups excluding carboxylic acids is 1. The zero-order valence-electron chi connectivity index (χ0n) is 6.84. The molecule has 0 aromatic heterocycles. The number of nitrogens with zero attached hydrogens (tertiary/aromatic N) is 1. The van der Waals surface area contributed by atoms with Gasteiger partial charge >= 0.3 is 6.18 Å². The summed E-state index contributed by atoms with van der Waals surface area (Å²) < 4.78 is 35.4. The van der Waals surface area contributed by atoms with E-state index >= 15 is 0 Å². The summed E-state index contributed by atoms with van der Waals surface area (Å²) in [4.78, 5) is 11.3. The first-order valence-corrected chi connectivity index (χ1v) is 3.49. The third kappa shape index (κ3) is 5.24. The molecule has 1 amide bonds. The normalized spacial score (nSPS) is 11.1. The van der Waals surface area contributed by atoms with Crippen LogP contribution in [0.2, 0.25) is 0 Å². The fraction of sp³-hybridized carbons (Fsp3) is 0.571. The summed E-state index contributed by atoms with van der Waals surface area (Å²) in [5, 5.41) is 8.38. The zero-order chi connectivity index (χ0) is 10.5. The number of rotatable bonds is 4. The van der Waals surface area contributed by atoms with E-state index in [1.807, 2.05) is 0 Å². The Morgan fingerprint density at radius 1 is 1.54 bits per heavy atom. The molecule has 76 valence electrons. The Morgan fingerprint density at radius 2 is 2.08 bits per heavy atom. The molecular formula is C7H10F3NO2. The fourth-order valence-electron chi connectivity index (χ4n) is 0.733. The summed E-state index contributed by atoms with van der Waals surface area (Å²) in [6.07, 6.45) is -3.67. The Labute approximate surface area is 73.5 Å². The number of aliphatic hydroxyl groups excluding tert-OH is 1. The van der Waals surface area contributed by atoms with Crippen molar-refractivity contribution in [1.82, 2.24) is 4.90 Å². The molecular weight excluding hydrogens is 187 g/mol. The molecule has 0 heterocycles. The van der Waals surface area contributed by atoms with Crippen LogP contribution in [0.15, 0.2) is 12.7 Å². The molecule has 0 aromatic rings. The minimum Gasteiger partial charge on any atom is -0.395 e. The van der Waals surface area contributed by atoms with Gasteiger partial charge in [0.05, 0.1) is 6.61 Å². The number of alkyl halides is 3. The highest BCUT2D eigenvalue weighted by Gasteiger charge is 2.31. The summed E-state index contributed by atoms with van der Waals surface area (Å²) in [6, 6.07) is 0. The maximum atomic E-state index is 11.8. The van der Waals surface area contributed by atoms with Crippen molar-refractivity contribution in [3.05, 3.63) is 12.7 Å². The lowest BCUT2D eigenvalue weighted by Crippen LogP contribution is -2.39. The van der Waals surface area contributed by atoms with E-state index in [-0.39, 0.29) is 6.54 Å². The lowest BCUT2D eigenvalue weighted by molar-refractivity contribution is -0.158. The lowest BCUT2D eigenvalue weighted by atomic mass is 10.4. The number of hydrogen-bond donors (Lipinski definition) is 1. The van der Waals surface area contributed by atoms with Gasteiger partial charge in [0, 0.05) is 6.54 Å². The van der Waals surface area contributed by atoms with Crippen LogP contribution >= 0.6 is 0 Å². The highest BCUT2D eigenvalue weighted by atomic mass is 19.4. The van der Waals surface area contributed by atoms with Gasteiger partial charge in [-0.15, -0.1) is 0 Å². The van der Waals surface area contributed by atoms with Crippen LogP contribution in [0, 0.1) is 0 Å². The van der Waals surface area contributed by atoms with Gasteiger partial charge in [0.1, 0.15) is 6.54 Å². The topological polar surface area (TPSA) is 40.5 Å². The minimum atomic E-state index is -4.45. The molecule has 0 aliphatic carbocycles. The first-order chi connectivity index (χ1) is 5.90. The Hall–Kier alpha value is -1.04. The number of amides is 1. The summed E-state index contributed by atoms with van der Waals surface area (Å²) in [5.74, 6) is -0.841. The van der Waals surface area contributed by atoms with Crippen molar-refractivity contribution in [2.75, 3.05) is 19.7 Å². The molecule has 0 unspecified atom stereocenters. The summed E-state index contributed by atoms with van der Waals surface area (Å²) in [6.45, 7) is 0.844. The van der Waals surface area contributed by atoms with Gasteiger partial charge in [-0.2, -0.15) is 13.2 Å². The largest absolute Gasteiger partial charge is 0.406 e. The standard InChI is InChI=1S/C7H10F3NO2/c1-2-6(13)11(3-4-12)5-7(8,9)10/h2,12H,1,3-5H2. The quantitative estimate of drug-likeness (QED) is 0.669. The molecule has 0 saturated carbocycles. The van der Waals surface area contributed by atoms with Gasteiger partial charge in [-0.1, -0.05) is 6.58 Å². The molecule has 0 atom stereocenters. The second kappa shape index (κ2) is 4.86. The molecule has 0 fully saturated rings. The maximum absolute atomic E-state index is 11.8. The molecule has 0 aliphatic rings. The van der Waals surface area contributed by atoms with E-state index in [1.165, 1.54) is 0 Å². The molecule has 6 heteroatoms. The molecule has 0 bridgehead atoms. The van der Waals surface area contributed by atoms with E-state index in [4.69, 9.17) is 5.11 Å². The summed E-state index contributed by atoms with van der Waals surface area (Å²) >= 11 is 0. The molecule has 0 rings (SSSR count). The number of carbonyl (C=O) groups is 1. The van der Waals surface area contributed by atoms with E-state index in [1.54, 1.807) is 0 Å². The Kier molecular flexibility index (Phi) is 4.47. The van der Waals surface area contributed by atoms with Crippen LogP contribution in [0.4, 0.5) is 13.2 Å². The Bertz CT molecular complexity index is 191. The first-order valence-electron chi connectivity index (χ1n) is 3.49. The first kappa shape index (κ1) is 12.0. The van der Waals surface area contributed by atoms with Gasteiger partial charge in [-0.3, -0.25) is 4.79 Å². The average Bonchev–Trinajstić information content (AvgIpc) is 2.00. The lowest BCUT2D eigenvalue weighted by Gasteiger charge is -2.21. The summed E-state index contributed by atoms with van der Waals surface area (Å²) in [7, 11) is 0. The molecule has 0 radical (unpaired) electrons. The SMILES string of the molecule is C=CC(=O)N(CCO)CC(F)(F)F. The Morgan fingerprint density at radius 3 is 2.38 bits per heavy atom. The van der Waals surface area contributed by atoms with Crippen molar-refractivity contribution in [3.8, 4) is 0 Å². The van der Waals surface area contributed by atoms with E-state index in [2.05, 4.69) is 6.58 Å². The maximum Gasteiger partial charge on any atom is 0.406 e. The van der Waals surface area contributed by atoms with Crippen LogP contribution in [-0.2, 0) is 4.79 Å². The molecule has 1 N–H and O–H groups in total. The predicted molar refractivity (Wildman–Crippen MR) is 39.9 cm³/mol. The van der Waals surface area contributed by atoms with E-state index < -0.39 is 25.2 Å². The van der Waals surface area contributed by atoms with E-state index in [0.717, 1.165) is 6.08 Å². The van der Waals surface area contributed by atoms with Crippen molar-refractivity contribution in [2.45, 2.75) is 6.18 Å². The van der Waals surface area contributed by atoms with Gasteiger partial charge in [-0.25, -0.2) is 0 Å². The van der Waals surface area contributed by atoms with Gasteiger partial charge in [0.2, 0.25) is 5.91 Å². The van der Waals surface area contributed by atoms with Crippen LogP contribution in [0.3, 0.4) is 0 Å². The van der Waals surface area contributed by atoms with Gasteiger partial charge in [0.15, 0.2) is 0 Å². The second-order valence-corrected chi connectivity index (χ2v) is 2.30. The van der Waals surface area contributed by atoms with Crippen molar-refractivity contribution >= 4 is 5.91 Å². The highest BCUT2D eigenvalue weighted by Crippen LogP contribution is 2.16. The molecule has 0 aliphatic heterocycles. The van der Waals surface area contributed by atoms with Crippen LogP contribution in [0.1, 0.15) is 0 Å². The van der Waals surface area contributed by atoms with Gasteiger partial charge in [-0.05, 0) is 6.08 Å². The van der Waals surface area contributed by atoms with Crippen molar-refractivity contribution < 1.29 is 23.1 Å². The van der Waals surface area contributed by atoms with Crippen LogP contribution in [0.5, 0.6) is 0 Å². The Balaban J connectivity index is 4.25. The molecule has 0 aromatic carbocycles. The second-order valence-electron chi connectivity index (χ2n) is 2.30. The number of hydrogen-bond acceptors (Lipinski definition) is 2. The highest BCUT2D eigenvalue weighted by molar-refractivity contribution is 5.87. The van der Waals surface area contributed by atoms with Crippen LogP contribution < -0.4 is 0 Å². The smallest absolute Gasteiger partial charge is 0.395 e. The molecule has 0 saturated heterocycles. The van der Waals surface area contributed by atoms with Crippen molar-refractivity contribution in [3.63, 3.8) is 0 Å². The molecule has 3 nitrogen and oxygen atoms in total. The van der Waals surface area contributed by atoms with Crippen molar-refractivity contribution in [2.24, 2.45) is 0 Å². The average molecular weight is 197 g/mol. The minimum absolute atomic E-state index is 0.343. The van der Waals surface area contributed by atoms with Crippen LogP contribution in [0.25, 0.3) is 0 Å². The molecule has 13 heavy (non-hydrogen) atoms. The zero-order valence-corrected chi connectivity index (χ0v) is 6.84. The predicted octanol–water partition coefficient (Wildman–Crippen LogP) is 0.556. The number of aliphatic hydroxyl groups is 1. The van der Waals surface area contributed by atoms with E-state index in [0.29, 0.717) is 4.90 Å². The third-order valence-corrected chi connectivity index (χ3v) is 1.23. The van der Waals surface area contributed by atoms with Gasteiger partial charge in [0.25, 0.3) is 0 Å². The number of halogens is 3. The van der Waals surface area contributed by atoms with Crippen molar-refractivity contribution in [1.29, 1.82) is 0 Å². The molecule has 0 spiro atoms. The fourth-order valence-corrected chi connectivity index (χ4v) is 0.733.